The molecule has 1 rings (SSSR count). The summed E-state index contributed by atoms with van der Waals surface area (Å²) in [6.07, 6.45) is 0.888. The summed E-state index contributed by atoms with van der Waals surface area (Å²) in [5, 5.41) is 9.67. The summed E-state index contributed by atoms with van der Waals surface area (Å²) >= 11 is 6.75. The fraction of sp³-hybridized carbons (Fsp3) is 0.444. The molecule has 14 heavy (non-hydrogen) atoms. The first-order valence-corrected chi connectivity index (χ1v) is 5.42. The summed E-state index contributed by atoms with van der Waals surface area (Å²) in [6.45, 7) is 3.47. The highest BCUT2D eigenvalue weighted by atomic mass is 35.5. The third-order valence-electron chi connectivity index (χ3n) is 1.75. The van der Waals surface area contributed by atoms with Crippen LogP contribution in [0.4, 0.5) is 4.39 Å². The van der Waals surface area contributed by atoms with Crippen molar-refractivity contribution >= 4 is 23.4 Å². The molecule has 1 N–H and O–H groups in total. The van der Waals surface area contributed by atoms with Gasteiger partial charge in [0.05, 0.1) is 11.1 Å². The first-order valence-electron chi connectivity index (χ1n) is 4.16. The fourth-order valence-corrected chi connectivity index (χ4v) is 1.74. The van der Waals surface area contributed by atoms with Gasteiger partial charge in [-0.3, -0.25) is 0 Å². The molecule has 0 aliphatic carbocycles. The van der Waals surface area contributed by atoms with E-state index in [1.165, 1.54) is 24.0 Å². The lowest BCUT2D eigenvalue weighted by atomic mass is 10.3. The normalized spacial score (nSPS) is 15.2. The zero-order valence-electron chi connectivity index (χ0n) is 7.87. The Kier molecular flexibility index (Phi) is 4.16. The third kappa shape index (κ3) is 3.12. The Labute approximate surface area is 91.5 Å². The highest BCUT2D eigenvalue weighted by Gasteiger charge is 2.14. The standard InChI is InChI=1S/C9H11ClFNOS/c1-5(13)6(2)14-9-8(11)3-7(10)4-12-9/h3-6,13H,1-2H3. The second kappa shape index (κ2) is 4.96. The van der Waals surface area contributed by atoms with Gasteiger partial charge in [-0.25, -0.2) is 9.37 Å². The maximum absolute atomic E-state index is 13.2. The second-order valence-electron chi connectivity index (χ2n) is 3.00. The Morgan fingerprint density at radius 1 is 1.57 bits per heavy atom. The number of aromatic nitrogens is 1. The molecule has 1 aromatic rings. The van der Waals surface area contributed by atoms with E-state index >= 15 is 0 Å². The summed E-state index contributed by atoms with van der Waals surface area (Å²) < 4.78 is 13.2. The third-order valence-corrected chi connectivity index (χ3v) is 3.25. The van der Waals surface area contributed by atoms with Crippen molar-refractivity contribution in [2.75, 3.05) is 0 Å². The molecule has 0 saturated carbocycles. The van der Waals surface area contributed by atoms with Gasteiger partial charge >= 0.3 is 0 Å². The van der Waals surface area contributed by atoms with Crippen molar-refractivity contribution in [3.05, 3.63) is 23.1 Å². The van der Waals surface area contributed by atoms with Crippen molar-refractivity contribution in [1.82, 2.24) is 4.98 Å². The predicted octanol–water partition coefficient (Wildman–Crippen LogP) is 2.74. The van der Waals surface area contributed by atoms with Gasteiger partial charge in [-0.05, 0) is 13.0 Å². The monoisotopic (exact) mass is 235 g/mol. The molecule has 5 heteroatoms. The zero-order chi connectivity index (χ0) is 10.7. The Bertz CT molecular complexity index is 322. The van der Waals surface area contributed by atoms with Crippen LogP contribution in [0.5, 0.6) is 0 Å². The minimum absolute atomic E-state index is 0.0989. The lowest BCUT2D eigenvalue weighted by Crippen LogP contribution is -2.15. The molecular weight excluding hydrogens is 225 g/mol. The molecule has 0 spiro atoms. The highest BCUT2D eigenvalue weighted by molar-refractivity contribution is 7.99. The summed E-state index contributed by atoms with van der Waals surface area (Å²) in [6, 6.07) is 1.21. The van der Waals surface area contributed by atoms with Crippen LogP contribution in [0.25, 0.3) is 0 Å². The number of pyridine rings is 1. The van der Waals surface area contributed by atoms with Crippen molar-refractivity contribution in [3.8, 4) is 0 Å². The molecule has 78 valence electrons. The van der Waals surface area contributed by atoms with E-state index in [2.05, 4.69) is 4.98 Å². The van der Waals surface area contributed by atoms with E-state index < -0.39 is 11.9 Å². The summed E-state index contributed by atoms with van der Waals surface area (Å²) in [5.41, 5.74) is 0. The van der Waals surface area contributed by atoms with Crippen molar-refractivity contribution in [1.29, 1.82) is 0 Å². The average Bonchev–Trinajstić information content (AvgIpc) is 2.09. The maximum Gasteiger partial charge on any atom is 0.156 e. The minimum atomic E-state index is -0.503. The number of aliphatic hydroxyl groups is 1. The highest BCUT2D eigenvalue weighted by Crippen LogP contribution is 2.26. The molecule has 0 bridgehead atoms. The number of rotatable bonds is 3. The van der Waals surface area contributed by atoms with Crippen LogP contribution >= 0.6 is 23.4 Å². The minimum Gasteiger partial charge on any atom is -0.392 e. The van der Waals surface area contributed by atoms with Crippen LogP contribution in [0.15, 0.2) is 17.3 Å². The summed E-state index contributed by atoms with van der Waals surface area (Å²) in [7, 11) is 0. The number of nitrogens with zero attached hydrogens (tertiary/aromatic N) is 1. The zero-order valence-corrected chi connectivity index (χ0v) is 9.44. The molecule has 0 radical (unpaired) electrons. The second-order valence-corrected chi connectivity index (χ2v) is 4.81. The number of hydrogen-bond acceptors (Lipinski definition) is 3. The van der Waals surface area contributed by atoms with Gasteiger partial charge in [0.1, 0.15) is 5.03 Å². The molecule has 0 saturated heterocycles. The van der Waals surface area contributed by atoms with Gasteiger partial charge in [0, 0.05) is 11.4 Å². The number of thioether (sulfide) groups is 1. The largest absolute Gasteiger partial charge is 0.392 e. The van der Waals surface area contributed by atoms with Gasteiger partial charge in [-0.1, -0.05) is 30.3 Å². The maximum atomic E-state index is 13.2. The number of hydrogen-bond donors (Lipinski definition) is 1. The quantitative estimate of drug-likeness (QED) is 0.818. The van der Waals surface area contributed by atoms with Gasteiger partial charge in [0.2, 0.25) is 0 Å². The van der Waals surface area contributed by atoms with Gasteiger partial charge in [0.15, 0.2) is 5.82 Å². The van der Waals surface area contributed by atoms with Crippen molar-refractivity contribution in [3.63, 3.8) is 0 Å². The SMILES string of the molecule is CC(O)C(C)Sc1ncc(Cl)cc1F. The average molecular weight is 236 g/mol. The Balaban J connectivity index is 2.77. The van der Waals surface area contributed by atoms with E-state index in [0.29, 0.717) is 0 Å². The van der Waals surface area contributed by atoms with Crippen LogP contribution in [-0.2, 0) is 0 Å². The van der Waals surface area contributed by atoms with Crippen LogP contribution in [0, 0.1) is 5.82 Å². The van der Waals surface area contributed by atoms with Crippen LogP contribution in [0.2, 0.25) is 5.02 Å². The van der Waals surface area contributed by atoms with Gasteiger partial charge in [-0.2, -0.15) is 0 Å². The lowest BCUT2D eigenvalue weighted by molar-refractivity contribution is 0.196. The predicted molar refractivity (Wildman–Crippen MR) is 56.2 cm³/mol. The Hall–Kier alpha value is -0.320. The smallest absolute Gasteiger partial charge is 0.156 e. The van der Waals surface area contributed by atoms with E-state index in [0.717, 1.165) is 0 Å². The van der Waals surface area contributed by atoms with Crippen LogP contribution < -0.4 is 0 Å². The van der Waals surface area contributed by atoms with Crippen molar-refractivity contribution in [2.45, 2.75) is 30.2 Å². The van der Waals surface area contributed by atoms with Crippen LogP contribution in [0.3, 0.4) is 0 Å². The first-order chi connectivity index (χ1) is 6.50. The van der Waals surface area contributed by atoms with E-state index in [-0.39, 0.29) is 15.3 Å². The van der Waals surface area contributed by atoms with Crippen molar-refractivity contribution in [2.24, 2.45) is 0 Å². The fourth-order valence-electron chi connectivity index (χ4n) is 0.763. The van der Waals surface area contributed by atoms with E-state index in [4.69, 9.17) is 11.6 Å². The van der Waals surface area contributed by atoms with E-state index in [1.54, 1.807) is 6.92 Å². The van der Waals surface area contributed by atoms with Crippen LogP contribution in [0.1, 0.15) is 13.8 Å². The van der Waals surface area contributed by atoms with Crippen LogP contribution in [-0.4, -0.2) is 21.4 Å². The molecule has 1 aromatic heterocycles. The molecule has 0 amide bonds. The molecule has 0 fully saturated rings. The van der Waals surface area contributed by atoms with Gasteiger partial charge in [-0.15, -0.1) is 0 Å². The molecule has 0 aliphatic rings. The molecular formula is C9H11ClFNOS. The molecule has 1 heterocycles. The van der Waals surface area contributed by atoms with E-state index in [9.17, 15) is 9.50 Å². The summed E-state index contributed by atoms with van der Waals surface area (Å²) in [4.78, 5) is 3.85. The van der Waals surface area contributed by atoms with Gasteiger partial charge < -0.3 is 5.11 Å². The molecule has 2 unspecified atom stereocenters. The molecule has 0 aromatic carbocycles. The number of halogens is 2. The lowest BCUT2D eigenvalue weighted by Gasteiger charge is -2.13. The Morgan fingerprint density at radius 2 is 2.21 bits per heavy atom. The van der Waals surface area contributed by atoms with Crippen molar-refractivity contribution < 1.29 is 9.50 Å². The number of aliphatic hydroxyl groups excluding tert-OH is 1. The molecule has 0 aliphatic heterocycles. The summed E-state index contributed by atoms with van der Waals surface area (Å²) in [5.74, 6) is -0.449. The topological polar surface area (TPSA) is 33.1 Å². The Morgan fingerprint density at radius 3 is 2.71 bits per heavy atom. The first kappa shape index (κ1) is 11.8. The molecule has 2 atom stereocenters. The molecule has 2 nitrogen and oxygen atoms in total. The van der Waals surface area contributed by atoms with Gasteiger partial charge in [0.25, 0.3) is 0 Å². The van der Waals surface area contributed by atoms with E-state index in [1.807, 2.05) is 6.92 Å².